The van der Waals surface area contributed by atoms with Crippen LogP contribution in [-0.4, -0.2) is 64.9 Å². The zero-order valence-electron chi connectivity index (χ0n) is 30.5. The molecule has 0 aromatic rings. The van der Waals surface area contributed by atoms with E-state index in [9.17, 15) is 34.1 Å². The minimum Gasteiger partial charge on any atom is -0.480 e. The van der Waals surface area contributed by atoms with Crippen LogP contribution in [0.4, 0.5) is 0 Å². The lowest BCUT2D eigenvalue weighted by Crippen LogP contribution is -2.43. The van der Waals surface area contributed by atoms with Crippen molar-refractivity contribution in [2.45, 2.75) is 174 Å². The Hall–Kier alpha value is -2.04. The van der Waals surface area contributed by atoms with Crippen LogP contribution in [0.5, 0.6) is 0 Å². The molecular formula is C37H68NO10P. The Morgan fingerprint density at radius 2 is 1.12 bits per heavy atom. The third-order valence-corrected chi connectivity index (χ3v) is 8.94. The second-order valence-electron chi connectivity index (χ2n) is 12.8. The average molecular weight is 718 g/mol. The number of rotatable bonds is 35. The number of carboxylic acid groups (broad SMARTS) is 1. The minimum atomic E-state index is -4.75. The topological polar surface area (TPSA) is 169 Å². The fourth-order valence-electron chi connectivity index (χ4n) is 4.99. The Bertz CT molecular complexity index is 942. The molecule has 0 spiro atoms. The fraction of sp³-hybridized carbons (Fsp3) is 0.811. The highest BCUT2D eigenvalue weighted by molar-refractivity contribution is 7.47. The Balaban J connectivity index is 4.01. The number of phosphoric ester groups is 1. The lowest BCUT2D eigenvalue weighted by Gasteiger charge is -2.18. The van der Waals surface area contributed by atoms with Crippen LogP contribution in [0.2, 0.25) is 0 Å². The summed E-state index contributed by atoms with van der Waals surface area (Å²) in [7, 11) is -4.75. The maximum atomic E-state index is 12.2. The number of amides is 1. The van der Waals surface area contributed by atoms with Gasteiger partial charge in [-0.3, -0.25) is 18.6 Å². The van der Waals surface area contributed by atoms with E-state index in [0.29, 0.717) is 12.8 Å². The van der Waals surface area contributed by atoms with Gasteiger partial charge in [0.05, 0.1) is 13.2 Å². The number of unbranched alkanes of at least 4 members (excludes halogenated alkanes) is 17. The van der Waals surface area contributed by atoms with E-state index in [0.717, 1.165) is 64.2 Å². The monoisotopic (exact) mass is 717 g/mol. The smallest absolute Gasteiger partial charge is 0.472 e. The van der Waals surface area contributed by atoms with Crippen LogP contribution in [-0.2, 0) is 32.7 Å². The molecule has 286 valence electrons. The van der Waals surface area contributed by atoms with E-state index in [1.165, 1.54) is 57.8 Å². The molecule has 0 aliphatic heterocycles. The normalized spacial score (nSPS) is 14.2. The van der Waals surface area contributed by atoms with Gasteiger partial charge >= 0.3 is 19.8 Å². The number of allylic oxidation sites excluding steroid dienone is 4. The van der Waals surface area contributed by atoms with Crippen LogP contribution in [0, 0.1) is 0 Å². The first kappa shape index (κ1) is 47.0. The number of hydrogen-bond donors (Lipinski definition) is 4. The molecule has 3 unspecified atom stereocenters. The van der Waals surface area contributed by atoms with E-state index >= 15 is 0 Å². The molecular weight excluding hydrogens is 649 g/mol. The van der Waals surface area contributed by atoms with Gasteiger partial charge < -0.3 is 25.2 Å². The van der Waals surface area contributed by atoms with Crippen LogP contribution < -0.4 is 5.32 Å². The number of carbonyl (C=O) groups is 3. The van der Waals surface area contributed by atoms with Crippen molar-refractivity contribution in [1.29, 1.82) is 0 Å². The molecule has 0 saturated heterocycles. The SMILES string of the molecule is CCCCC/C=C\C/C=C\CCCCCCCC(=O)NC(COP(=O)(O)OCC(O)COC(=O)CCCCCCCCCCCC)C(=O)O. The fourth-order valence-corrected chi connectivity index (χ4v) is 5.76. The summed E-state index contributed by atoms with van der Waals surface area (Å²) in [5.74, 6) is -2.39. The van der Waals surface area contributed by atoms with E-state index < -0.39 is 57.6 Å². The molecule has 0 radical (unpaired) electrons. The Morgan fingerprint density at radius 3 is 1.69 bits per heavy atom. The van der Waals surface area contributed by atoms with Crippen LogP contribution in [0.3, 0.4) is 0 Å². The van der Waals surface area contributed by atoms with E-state index in [1.807, 2.05) is 0 Å². The number of hydrogen-bond acceptors (Lipinski definition) is 8. The molecule has 3 atom stereocenters. The van der Waals surface area contributed by atoms with Crippen molar-refractivity contribution in [2.75, 3.05) is 19.8 Å². The molecule has 12 heteroatoms. The number of ether oxygens (including phenoxy) is 1. The number of carboxylic acids is 1. The molecule has 11 nitrogen and oxygen atoms in total. The number of aliphatic hydroxyl groups excluding tert-OH is 1. The maximum Gasteiger partial charge on any atom is 0.472 e. The van der Waals surface area contributed by atoms with Gasteiger partial charge in [-0.25, -0.2) is 9.36 Å². The maximum absolute atomic E-state index is 12.2. The first-order valence-corrected chi connectivity index (χ1v) is 20.4. The number of aliphatic hydroxyl groups is 1. The van der Waals surface area contributed by atoms with Crippen molar-refractivity contribution in [3.05, 3.63) is 24.3 Å². The first-order chi connectivity index (χ1) is 23.6. The van der Waals surface area contributed by atoms with Gasteiger partial charge in [0.15, 0.2) is 6.04 Å². The van der Waals surface area contributed by atoms with Crippen LogP contribution in [0.15, 0.2) is 24.3 Å². The van der Waals surface area contributed by atoms with E-state index in [2.05, 4.69) is 43.5 Å². The molecule has 0 saturated carbocycles. The second kappa shape index (κ2) is 33.1. The molecule has 1 amide bonds. The van der Waals surface area contributed by atoms with Gasteiger partial charge in [0, 0.05) is 12.8 Å². The molecule has 0 aromatic heterocycles. The standard InChI is InChI=1S/C37H68NO10P/c1-3-5-7-9-11-13-15-16-17-18-19-20-22-24-26-28-35(40)38-34(37(42)43)32-48-49(44,45)47-31-33(39)30-46-36(41)29-27-25-23-21-14-12-10-8-6-4-2/h11,13,16-17,33-34,39H,3-10,12,14-15,18-32H2,1-2H3,(H,38,40)(H,42,43)(H,44,45)/b13-11-,17-16-. The molecule has 0 fully saturated rings. The van der Waals surface area contributed by atoms with Crippen LogP contribution in [0.25, 0.3) is 0 Å². The van der Waals surface area contributed by atoms with Crippen molar-refractivity contribution >= 4 is 25.7 Å². The zero-order valence-corrected chi connectivity index (χ0v) is 31.4. The van der Waals surface area contributed by atoms with Crippen molar-refractivity contribution in [3.8, 4) is 0 Å². The van der Waals surface area contributed by atoms with Gasteiger partial charge in [0.25, 0.3) is 0 Å². The summed E-state index contributed by atoms with van der Waals surface area (Å²) in [6, 6.07) is -1.55. The molecule has 0 rings (SSSR count). The molecule has 0 bridgehead atoms. The van der Waals surface area contributed by atoms with E-state index in [1.54, 1.807) is 0 Å². The van der Waals surface area contributed by atoms with Gasteiger partial charge in [0.2, 0.25) is 5.91 Å². The van der Waals surface area contributed by atoms with Crippen molar-refractivity contribution in [3.63, 3.8) is 0 Å². The Kier molecular flexibility index (Phi) is 31.7. The molecule has 4 N–H and O–H groups in total. The summed E-state index contributed by atoms with van der Waals surface area (Å²) in [5.41, 5.74) is 0. The van der Waals surface area contributed by atoms with Crippen LogP contribution in [0.1, 0.15) is 162 Å². The van der Waals surface area contributed by atoms with Crippen molar-refractivity contribution < 1.29 is 47.8 Å². The summed E-state index contributed by atoms with van der Waals surface area (Å²) in [5, 5.41) is 21.7. The third kappa shape index (κ3) is 32.9. The second-order valence-corrected chi connectivity index (χ2v) is 14.2. The van der Waals surface area contributed by atoms with E-state index in [-0.39, 0.29) is 12.8 Å². The zero-order chi connectivity index (χ0) is 36.4. The molecule has 0 aromatic carbocycles. The largest absolute Gasteiger partial charge is 0.480 e. The molecule has 0 heterocycles. The van der Waals surface area contributed by atoms with Crippen molar-refractivity contribution in [1.82, 2.24) is 5.32 Å². The van der Waals surface area contributed by atoms with Gasteiger partial charge in [-0.1, -0.05) is 128 Å². The number of esters is 1. The summed E-state index contributed by atoms with van der Waals surface area (Å²) in [6.45, 7) is 2.51. The predicted octanol–water partition coefficient (Wildman–Crippen LogP) is 8.72. The quantitative estimate of drug-likeness (QED) is 0.0215. The number of nitrogens with one attached hydrogen (secondary N) is 1. The van der Waals surface area contributed by atoms with Gasteiger partial charge in [-0.15, -0.1) is 0 Å². The highest BCUT2D eigenvalue weighted by Crippen LogP contribution is 2.43. The summed E-state index contributed by atoms with van der Waals surface area (Å²) in [4.78, 5) is 45.6. The summed E-state index contributed by atoms with van der Waals surface area (Å²) >= 11 is 0. The average Bonchev–Trinajstić information content (AvgIpc) is 3.07. The highest BCUT2D eigenvalue weighted by atomic mass is 31.2. The third-order valence-electron chi connectivity index (χ3n) is 7.99. The van der Waals surface area contributed by atoms with E-state index in [4.69, 9.17) is 13.8 Å². The Morgan fingerprint density at radius 1 is 0.653 bits per heavy atom. The molecule has 0 aliphatic carbocycles. The summed E-state index contributed by atoms with van der Waals surface area (Å²) in [6.07, 6.45) is 30.7. The van der Waals surface area contributed by atoms with Gasteiger partial charge in [-0.05, 0) is 44.9 Å². The molecule has 0 aliphatic rings. The number of carbonyl (C=O) groups excluding carboxylic acids is 2. The number of phosphoric acid groups is 1. The lowest BCUT2D eigenvalue weighted by atomic mass is 10.1. The molecule has 49 heavy (non-hydrogen) atoms. The van der Waals surface area contributed by atoms with Crippen LogP contribution >= 0.6 is 7.82 Å². The highest BCUT2D eigenvalue weighted by Gasteiger charge is 2.28. The number of aliphatic carboxylic acids is 1. The lowest BCUT2D eigenvalue weighted by molar-refractivity contribution is -0.147. The predicted molar refractivity (Wildman–Crippen MR) is 194 cm³/mol. The minimum absolute atomic E-state index is 0.131. The van der Waals surface area contributed by atoms with Gasteiger partial charge in [-0.2, -0.15) is 0 Å². The summed E-state index contributed by atoms with van der Waals surface area (Å²) < 4.78 is 26.7. The van der Waals surface area contributed by atoms with Gasteiger partial charge in [0.1, 0.15) is 12.7 Å². The Labute approximate surface area is 296 Å². The first-order valence-electron chi connectivity index (χ1n) is 18.9. The van der Waals surface area contributed by atoms with Crippen molar-refractivity contribution in [2.24, 2.45) is 0 Å².